The van der Waals surface area contributed by atoms with Gasteiger partial charge in [-0.3, -0.25) is 4.79 Å². The molecule has 0 unspecified atom stereocenters. The Morgan fingerprint density at radius 2 is 1.91 bits per heavy atom. The second-order valence-corrected chi connectivity index (χ2v) is 6.28. The average Bonchev–Trinajstić information content (AvgIpc) is 2.52. The fourth-order valence-corrected chi connectivity index (χ4v) is 2.65. The number of anilines is 1. The molecule has 0 aliphatic rings. The van der Waals surface area contributed by atoms with Gasteiger partial charge in [0.25, 0.3) is 0 Å². The smallest absolute Gasteiger partial charge is 0.238 e. The molecule has 0 bridgehead atoms. The molecule has 0 aliphatic heterocycles. The zero-order chi connectivity index (χ0) is 16.7. The molecule has 0 saturated carbocycles. The van der Waals surface area contributed by atoms with Crippen LogP contribution in [0.15, 0.2) is 48.5 Å². The number of para-hydroxylation sites is 1. The summed E-state index contributed by atoms with van der Waals surface area (Å²) in [5.41, 5.74) is 3.21. The summed E-state index contributed by atoms with van der Waals surface area (Å²) in [4.78, 5) is 12.1. The SMILES string of the molecule is CC(C)c1ccccc1NC(=O)CNCCc1cccc(Cl)c1. The molecule has 23 heavy (non-hydrogen) atoms. The highest BCUT2D eigenvalue weighted by atomic mass is 35.5. The second kappa shape index (κ2) is 8.70. The highest BCUT2D eigenvalue weighted by Gasteiger charge is 2.08. The van der Waals surface area contributed by atoms with Crippen molar-refractivity contribution in [2.75, 3.05) is 18.4 Å². The Labute approximate surface area is 143 Å². The van der Waals surface area contributed by atoms with E-state index >= 15 is 0 Å². The van der Waals surface area contributed by atoms with Crippen LogP contribution in [0.3, 0.4) is 0 Å². The molecule has 4 heteroatoms. The van der Waals surface area contributed by atoms with Crippen LogP contribution >= 0.6 is 11.6 Å². The van der Waals surface area contributed by atoms with Crippen molar-refractivity contribution < 1.29 is 4.79 Å². The molecule has 0 aliphatic carbocycles. The van der Waals surface area contributed by atoms with Gasteiger partial charge in [0, 0.05) is 10.7 Å². The summed E-state index contributed by atoms with van der Waals surface area (Å²) in [5.74, 6) is 0.353. The van der Waals surface area contributed by atoms with Gasteiger partial charge in [-0.25, -0.2) is 0 Å². The number of benzene rings is 2. The van der Waals surface area contributed by atoms with Crippen LogP contribution in [0, 0.1) is 0 Å². The summed E-state index contributed by atoms with van der Waals surface area (Å²) >= 11 is 5.95. The molecule has 0 heterocycles. The molecule has 0 spiro atoms. The molecule has 3 nitrogen and oxygen atoms in total. The van der Waals surface area contributed by atoms with Gasteiger partial charge in [0.2, 0.25) is 5.91 Å². The summed E-state index contributed by atoms with van der Waals surface area (Å²) < 4.78 is 0. The number of nitrogens with one attached hydrogen (secondary N) is 2. The van der Waals surface area contributed by atoms with Crippen LogP contribution in [0.1, 0.15) is 30.9 Å². The lowest BCUT2D eigenvalue weighted by Gasteiger charge is -2.13. The summed E-state index contributed by atoms with van der Waals surface area (Å²) in [7, 11) is 0. The summed E-state index contributed by atoms with van der Waals surface area (Å²) in [5, 5.41) is 6.89. The van der Waals surface area contributed by atoms with Crippen molar-refractivity contribution in [1.29, 1.82) is 0 Å². The van der Waals surface area contributed by atoms with Gasteiger partial charge in [0.05, 0.1) is 6.54 Å². The Balaban J connectivity index is 1.77. The minimum atomic E-state index is -0.0239. The van der Waals surface area contributed by atoms with Gasteiger partial charge in [-0.15, -0.1) is 0 Å². The zero-order valence-corrected chi connectivity index (χ0v) is 14.4. The fraction of sp³-hybridized carbons (Fsp3) is 0.316. The van der Waals surface area contributed by atoms with Crippen molar-refractivity contribution >= 4 is 23.2 Å². The molecular formula is C19H23ClN2O. The van der Waals surface area contributed by atoms with Gasteiger partial charge in [-0.2, -0.15) is 0 Å². The molecule has 0 radical (unpaired) electrons. The molecular weight excluding hydrogens is 308 g/mol. The van der Waals surface area contributed by atoms with Crippen LogP contribution in [-0.2, 0) is 11.2 Å². The summed E-state index contributed by atoms with van der Waals surface area (Å²) in [6, 6.07) is 15.7. The predicted octanol–water partition coefficient (Wildman–Crippen LogP) is 4.23. The van der Waals surface area contributed by atoms with Crippen LogP contribution in [0.4, 0.5) is 5.69 Å². The maximum atomic E-state index is 12.1. The summed E-state index contributed by atoms with van der Waals surface area (Å²) in [6.45, 7) is 5.27. The van der Waals surface area contributed by atoms with E-state index in [9.17, 15) is 4.79 Å². The lowest BCUT2D eigenvalue weighted by atomic mass is 10.0. The van der Waals surface area contributed by atoms with Gasteiger partial charge < -0.3 is 10.6 Å². The molecule has 0 aromatic heterocycles. The first kappa shape index (κ1) is 17.5. The van der Waals surface area contributed by atoms with Gasteiger partial charge in [-0.05, 0) is 48.2 Å². The Morgan fingerprint density at radius 3 is 2.65 bits per heavy atom. The highest BCUT2D eigenvalue weighted by Crippen LogP contribution is 2.23. The number of hydrogen-bond donors (Lipinski definition) is 2. The standard InChI is InChI=1S/C19H23ClN2O/c1-14(2)17-8-3-4-9-18(17)22-19(23)13-21-11-10-15-6-5-7-16(20)12-15/h3-9,12,14,21H,10-11,13H2,1-2H3,(H,22,23). The largest absolute Gasteiger partial charge is 0.325 e. The topological polar surface area (TPSA) is 41.1 Å². The first-order valence-corrected chi connectivity index (χ1v) is 8.28. The van der Waals surface area contributed by atoms with E-state index in [0.717, 1.165) is 34.8 Å². The molecule has 0 atom stereocenters. The maximum absolute atomic E-state index is 12.1. The fourth-order valence-electron chi connectivity index (χ4n) is 2.44. The Morgan fingerprint density at radius 1 is 1.13 bits per heavy atom. The van der Waals surface area contributed by atoms with Crippen LogP contribution in [0.2, 0.25) is 5.02 Å². The van der Waals surface area contributed by atoms with E-state index < -0.39 is 0 Å². The summed E-state index contributed by atoms with van der Waals surface area (Å²) in [6.07, 6.45) is 0.844. The normalized spacial score (nSPS) is 10.8. The first-order valence-electron chi connectivity index (χ1n) is 7.90. The lowest BCUT2D eigenvalue weighted by Crippen LogP contribution is -2.29. The Bertz CT molecular complexity index is 655. The Kier molecular flexibility index (Phi) is 6.63. The van der Waals surface area contributed by atoms with Gasteiger partial charge in [-0.1, -0.05) is 55.8 Å². The van der Waals surface area contributed by atoms with Crippen molar-refractivity contribution in [2.24, 2.45) is 0 Å². The maximum Gasteiger partial charge on any atom is 0.238 e. The van der Waals surface area contributed by atoms with Crippen LogP contribution < -0.4 is 10.6 Å². The molecule has 2 aromatic rings. The van der Waals surface area contributed by atoms with Gasteiger partial charge >= 0.3 is 0 Å². The van der Waals surface area contributed by atoms with Crippen LogP contribution in [0.25, 0.3) is 0 Å². The Hall–Kier alpha value is -1.84. The first-order chi connectivity index (χ1) is 11.1. The zero-order valence-electron chi connectivity index (χ0n) is 13.6. The number of rotatable bonds is 7. The van der Waals surface area contributed by atoms with E-state index in [-0.39, 0.29) is 5.91 Å². The van der Waals surface area contributed by atoms with Crippen LogP contribution in [-0.4, -0.2) is 19.0 Å². The van der Waals surface area contributed by atoms with Crippen molar-refractivity contribution in [3.63, 3.8) is 0 Å². The van der Waals surface area contributed by atoms with Crippen molar-refractivity contribution in [3.8, 4) is 0 Å². The van der Waals surface area contributed by atoms with E-state index in [1.54, 1.807) is 0 Å². The van der Waals surface area contributed by atoms with Gasteiger partial charge in [0.1, 0.15) is 0 Å². The van der Waals surface area contributed by atoms with Crippen molar-refractivity contribution in [2.45, 2.75) is 26.2 Å². The minimum Gasteiger partial charge on any atom is -0.325 e. The van der Waals surface area contributed by atoms with Gasteiger partial charge in [0.15, 0.2) is 0 Å². The number of halogens is 1. The molecule has 2 N–H and O–H groups in total. The molecule has 2 rings (SSSR count). The second-order valence-electron chi connectivity index (χ2n) is 5.85. The number of carbonyl (C=O) groups is 1. The minimum absolute atomic E-state index is 0.0239. The van der Waals surface area contributed by atoms with E-state index in [1.807, 2.05) is 48.5 Å². The number of carbonyl (C=O) groups excluding carboxylic acids is 1. The molecule has 122 valence electrons. The average molecular weight is 331 g/mol. The van der Waals surface area contributed by atoms with E-state index in [4.69, 9.17) is 11.6 Å². The third-order valence-electron chi connectivity index (χ3n) is 3.62. The van der Waals surface area contributed by atoms with Crippen molar-refractivity contribution in [3.05, 3.63) is 64.7 Å². The monoisotopic (exact) mass is 330 g/mol. The molecule has 0 fully saturated rings. The molecule has 2 aromatic carbocycles. The number of hydrogen-bond acceptors (Lipinski definition) is 2. The molecule has 0 saturated heterocycles. The quantitative estimate of drug-likeness (QED) is 0.746. The van der Waals surface area contributed by atoms with Crippen LogP contribution in [0.5, 0.6) is 0 Å². The third kappa shape index (κ3) is 5.70. The predicted molar refractivity (Wildman–Crippen MR) is 97.2 cm³/mol. The lowest BCUT2D eigenvalue weighted by molar-refractivity contribution is -0.115. The highest BCUT2D eigenvalue weighted by molar-refractivity contribution is 6.30. The van der Waals surface area contributed by atoms with Crippen molar-refractivity contribution in [1.82, 2.24) is 5.32 Å². The van der Waals surface area contributed by atoms with E-state index in [0.29, 0.717) is 12.5 Å². The number of amides is 1. The molecule has 1 amide bonds. The van der Waals surface area contributed by atoms with E-state index in [1.165, 1.54) is 0 Å². The van der Waals surface area contributed by atoms with E-state index in [2.05, 4.69) is 24.5 Å². The third-order valence-corrected chi connectivity index (χ3v) is 3.86.